The molecule has 2 aromatic rings. The smallest absolute Gasteiger partial charge is 0.347 e. The van der Waals surface area contributed by atoms with Crippen molar-refractivity contribution in [1.82, 2.24) is 4.98 Å². The largest absolute Gasteiger partial charge is 0.477 e. The average molecular weight is 346 g/mol. The number of hydrogen-bond donors (Lipinski definition) is 1. The fourth-order valence-electron chi connectivity index (χ4n) is 1.57. The second kappa shape index (κ2) is 5.50. The molecule has 2 aromatic heterocycles. The van der Waals surface area contributed by atoms with Crippen LogP contribution in [0.15, 0.2) is 15.9 Å². The van der Waals surface area contributed by atoms with Crippen LogP contribution >= 0.6 is 38.6 Å². The third-order valence-electron chi connectivity index (χ3n) is 2.27. The lowest BCUT2D eigenvalue weighted by atomic mass is 10.1. The molecule has 2 heterocycles. The van der Waals surface area contributed by atoms with Crippen molar-refractivity contribution in [3.05, 3.63) is 26.5 Å². The van der Waals surface area contributed by atoms with Crippen LogP contribution < -0.4 is 0 Å². The highest BCUT2D eigenvalue weighted by atomic mass is 79.9. The zero-order valence-electron chi connectivity index (χ0n) is 9.94. The van der Waals surface area contributed by atoms with Crippen molar-refractivity contribution >= 4 is 44.6 Å². The molecule has 0 unspecified atom stereocenters. The summed E-state index contributed by atoms with van der Waals surface area (Å²) in [6.07, 6.45) is 0.699. The summed E-state index contributed by atoms with van der Waals surface area (Å²) in [7, 11) is 0. The molecule has 3 nitrogen and oxygen atoms in total. The number of carbonyl (C=O) groups is 1. The number of nitrogens with zero attached hydrogens (tertiary/aromatic N) is 1. The van der Waals surface area contributed by atoms with Crippen molar-refractivity contribution < 1.29 is 9.90 Å². The summed E-state index contributed by atoms with van der Waals surface area (Å²) in [4.78, 5) is 17.1. The Labute approximate surface area is 122 Å². The lowest BCUT2D eigenvalue weighted by molar-refractivity contribution is 0.0700. The monoisotopic (exact) mass is 345 g/mol. The zero-order chi connectivity index (χ0) is 13.3. The first-order chi connectivity index (χ1) is 8.47. The van der Waals surface area contributed by atoms with Crippen molar-refractivity contribution in [3.63, 3.8) is 0 Å². The average Bonchev–Trinajstić information content (AvgIpc) is 2.83. The van der Waals surface area contributed by atoms with Crippen molar-refractivity contribution in [1.29, 1.82) is 0 Å². The van der Waals surface area contributed by atoms with Gasteiger partial charge in [0.1, 0.15) is 9.88 Å². The van der Waals surface area contributed by atoms with Crippen LogP contribution in [-0.2, 0) is 6.42 Å². The van der Waals surface area contributed by atoms with Gasteiger partial charge in [-0.05, 0) is 34.3 Å². The molecule has 6 heteroatoms. The Morgan fingerprint density at radius 1 is 1.56 bits per heavy atom. The van der Waals surface area contributed by atoms with Crippen molar-refractivity contribution in [2.45, 2.75) is 20.3 Å². The van der Waals surface area contributed by atoms with Gasteiger partial charge in [-0.25, -0.2) is 9.78 Å². The van der Waals surface area contributed by atoms with E-state index in [-0.39, 0.29) is 0 Å². The van der Waals surface area contributed by atoms with E-state index in [1.807, 2.05) is 11.4 Å². The molecule has 0 fully saturated rings. The number of thiophene rings is 1. The van der Waals surface area contributed by atoms with Gasteiger partial charge in [0.25, 0.3) is 0 Å². The van der Waals surface area contributed by atoms with Gasteiger partial charge in [-0.3, -0.25) is 0 Å². The molecule has 0 saturated heterocycles. The highest BCUT2D eigenvalue weighted by Gasteiger charge is 2.19. The summed E-state index contributed by atoms with van der Waals surface area (Å²) in [6, 6.07) is 1.97. The third-order valence-corrected chi connectivity index (χ3v) is 5.22. The molecule has 18 heavy (non-hydrogen) atoms. The van der Waals surface area contributed by atoms with E-state index in [1.165, 1.54) is 11.3 Å². The van der Waals surface area contributed by atoms with Gasteiger partial charge in [-0.1, -0.05) is 13.8 Å². The van der Waals surface area contributed by atoms with Gasteiger partial charge in [0, 0.05) is 9.85 Å². The molecular formula is C12H12BrNO2S2. The molecule has 0 amide bonds. The minimum atomic E-state index is -0.884. The first kappa shape index (κ1) is 13.7. The molecule has 0 spiro atoms. The predicted molar refractivity (Wildman–Crippen MR) is 78.6 cm³/mol. The second-order valence-electron chi connectivity index (χ2n) is 4.33. The molecule has 0 bridgehead atoms. The van der Waals surface area contributed by atoms with E-state index in [1.54, 1.807) is 11.3 Å². The highest BCUT2D eigenvalue weighted by Crippen LogP contribution is 2.34. The number of halogens is 1. The summed E-state index contributed by atoms with van der Waals surface area (Å²) < 4.78 is 1.000. The minimum absolute atomic E-state index is 0.364. The van der Waals surface area contributed by atoms with Crippen molar-refractivity contribution in [2.75, 3.05) is 0 Å². The zero-order valence-corrected chi connectivity index (χ0v) is 13.2. The summed E-state index contributed by atoms with van der Waals surface area (Å²) in [5.41, 5.74) is 0.696. The Morgan fingerprint density at radius 2 is 2.28 bits per heavy atom. The predicted octanol–water partition coefficient (Wildman–Crippen LogP) is 4.53. The van der Waals surface area contributed by atoms with Crippen LogP contribution in [0.3, 0.4) is 0 Å². The number of carboxylic acid groups (broad SMARTS) is 1. The quantitative estimate of drug-likeness (QED) is 0.885. The number of hydrogen-bond acceptors (Lipinski definition) is 4. The number of aromatic nitrogens is 1. The summed E-state index contributed by atoms with van der Waals surface area (Å²) >= 11 is 6.21. The van der Waals surface area contributed by atoms with E-state index in [9.17, 15) is 9.90 Å². The van der Waals surface area contributed by atoms with E-state index in [0.29, 0.717) is 22.9 Å². The minimum Gasteiger partial charge on any atom is -0.477 e. The first-order valence-corrected chi connectivity index (χ1v) is 7.93. The fraction of sp³-hybridized carbons (Fsp3) is 0.333. The van der Waals surface area contributed by atoms with Gasteiger partial charge in [-0.15, -0.1) is 22.7 Å². The third kappa shape index (κ3) is 2.99. The molecule has 0 aliphatic heterocycles. The SMILES string of the molecule is CC(C)Cc1nc(-c2cc(Br)cs2)sc1C(=O)O. The Kier molecular flexibility index (Phi) is 4.19. The highest BCUT2D eigenvalue weighted by molar-refractivity contribution is 9.10. The number of aromatic carboxylic acids is 1. The summed E-state index contributed by atoms with van der Waals surface area (Å²) in [5, 5.41) is 12.0. The van der Waals surface area contributed by atoms with E-state index < -0.39 is 5.97 Å². The summed E-state index contributed by atoms with van der Waals surface area (Å²) in [5.74, 6) is -0.488. The fourth-order valence-corrected chi connectivity index (χ4v) is 4.00. The van der Waals surface area contributed by atoms with E-state index in [4.69, 9.17) is 0 Å². The van der Waals surface area contributed by atoms with Gasteiger partial charge < -0.3 is 5.11 Å². The van der Waals surface area contributed by atoms with Crippen molar-refractivity contribution in [3.8, 4) is 9.88 Å². The van der Waals surface area contributed by atoms with Crippen LogP contribution in [-0.4, -0.2) is 16.1 Å². The lowest BCUT2D eigenvalue weighted by Crippen LogP contribution is -2.02. The Morgan fingerprint density at radius 3 is 2.78 bits per heavy atom. The maximum absolute atomic E-state index is 11.2. The Hall–Kier alpha value is -0.720. The molecule has 0 atom stereocenters. The van der Waals surface area contributed by atoms with E-state index in [2.05, 4.69) is 34.8 Å². The molecule has 0 radical (unpaired) electrons. The molecule has 0 aliphatic rings. The van der Waals surface area contributed by atoms with Crippen LogP contribution in [0.2, 0.25) is 0 Å². The maximum Gasteiger partial charge on any atom is 0.347 e. The number of thiazole rings is 1. The maximum atomic E-state index is 11.2. The molecule has 2 rings (SSSR count). The van der Waals surface area contributed by atoms with E-state index in [0.717, 1.165) is 14.4 Å². The molecule has 1 N–H and O–H groups in total. The summed E-state index contributed by atoms with van der Waals surface area (Å²) in [6.45, 7) is 4.12. The van der Waals surface area contributed by atoms with E-state index >= 15 is 0 Å². The Bertz CT molecular complexity index is 574. The lowest BCUT2D eigenvalue weighted by Gasteiger charge is -2.01. The number of carboxylic acids is 1. The topological polar surface area (TPSA) is 50.2 Å². The van der Waals surface area contributed by atoms with Gasteiger partial charge in [0.05, 0.1) is 10.6 Å². The van der Waals surface area contributed by atoms with Gasteiger partial charge in [0.15, 0.2) is 0 Å². The van der Waals surface area contributed by atoms with Crippen LogP contribution in [0.4, 0.5) is 0 Å². The molecular weight excluding hydrogens is 334 g/mol. The normalized spacial score (nSPS) is 11.1. The van der Waals surface area contributed by atoms with Crippen LogP contribution in [0, 0.1) is 5.92 Å². The first-order valence-electron chi connectivity index (χ1n) is 5.44. The van der Waals surface area contributed by atoms with Gasteiger partial charge in [0.2, 0.25) is 0 Å². The van der Waals surface area contributed by atoms with Crippen LogP contribution in [0.1, 0.15) is 29.2 Å². The second-order valence-corrected chi connectivity index (χ2v) is 7.15. The standard InChI is InChI=1S/C12H12BrNO2S2/c1-6(2)3-8-10(12(15)16)18-11(14-8)9-4-7(13)5-17-9/h4-6H,3H2,1-2H3,(H,15,16). The van der Waals surface area contributed by atoms with Crippen LogP contribution in [0.25, 0.3) is 9.88 Å². The molecule has 0 saturated carbocycles. The molecule has 96 valence electrons. The van der Waals surface area contributed by atoms with Crippen LogP contribution in [0.5, 0.6) is 0 Å². The molecule has 0 aliphatic carbocycles. The molecule has 0 aromatic carbocycles. The number of rotatable bonds is 4. The van der Waals surface area contributed by atoms with Gasteiger partial charge >= 0.3 is 5.97 Å². The Balaban J connectivity index is 2.42. The van der Waals surface area contributed by atoms with Crippen molar-refractivity contribution in [2.24, 2.45) is 5.92 Å². The van der Waals surface area contributed by atoms with Gasteiger partial charge in [-0.2, -0.15) is 0 Å².